The van der Waals surface area contributed by atoms with Gasteiger partial charge in [-0.1, -0.05) is 48.2 Å². The Labute approximate surface area is 234 Å². The predicted molar refractivity (Wildman–Crippen MR) is 158 cm³/mol. The first-order valence-electron chi connectivity index (χ1n) is 13.1. The highest BCUT2D eigenvalue weighted by Gasteiger charge is 2.28. The highest BCUT2D eigenvalue weighted by molar-refractivity contribution is 7.87. The summed E-state index contributed by atoms with van der Waals surface area (Å²) in [6.45, 7) is 3.77. The molecule has 4 aromatic rings. The second-order valence-corrected chi connectivity index (χ2v) is 11.5. The van der Waals surface area contributed by atoms with Crippen LogP contribution in [0.3, 0.4) is 0 Å². The van der Waals surface area contributed by atoms with Gasteiger partial charge in [-0.15, -0.1) is 0 Å². The lowest BCUT2D eigenvalue weighted by atomic mass is 10.1. The molecule has 1 aromatic heterocycles. The zero-order valence-electron chi connectivity index (χ0n) is 22.2. The summed E-state index contributed by atoms with van der Waals surface area (Å²) in [4.78, 5) is 26.1. The lowest BCUT2D eigenvalue weighted by Crippen LogP contribution is -2.53. The Hall–Kier alpha value is -4.23. The maximum atomic E-state index is 13.1. The minimum Gasteiger partial charge on any atom is -0.369 e. The van der Waals surface area contributed by atoms with Gasteiger partial charge in [0.15, 0.2) is 0 Å². The summed E-state index contributed by atoms with van der Waals surface area (Å²) in [5.41, 5.74) is 3.61. The van der Waals surface area contributed by atoms with Crippen LogP contribution >= 0.6 is 0 Å². The number of anilines is 1. The monoisotopic (exact) mass is 554 g/mol. The molecule has 3 aromatic carbocycles. The van der Waals surface area contributed by atoms with Gasteiger partial charge in [0, 0.05) is 54.6 Å². The van der Waals surface area contributed by atoms with Gasteiger partial charge in [0.05, 0.1) is 12.6 Å². The van der Waals surface area contributed by atoms with Crippen LogP contribution in [0.5, 0.6) is 0 Å². The van der Waals surface area contributed by atoms with Crippen molar-refractivity contribution in [1.82, 2.24) is 13.6 Å². The first kappa shape index (κ1) is 27.3. The van der Waals surface area contributed by atoms with Crippen LogP contribution in [0.4, 0.5) is 5.69 Å². The fourth-order valence-electron chi connectivity index (χ4n) is 4.69. The van der Waals surface area contributed by atoms with Gasteiger partial charge < -0.3 is 14.3 Å². The molecule has 5 rings (SSSR count). The minimum absolute atomic E-state index is 0.0451. The molecule has 1 N–H and O–H groups in total. The first-order chi connectivity index (χ1) is 19.3. The third-order valence-electron chi connectivity index (χ3n) is 6.88. The fraction of sp³-hybridized carbons (Fsp3) is 0.226. The van der Waals surface area contributed by atoms with Crippen molar-refractivity contribution in [2.45, 2.75) is 19.5 Å². The number of fused-ring (bicyclic) bond motifs is 1. The van der Waals surface area contributed by atoms with Crippen molar-refractivity contribution in [3.63, 3.8) is 0 Å². The number of carbonyl (C=O) groups excluding carboxylic acids is 1. The number of aldehydes is 1. The van der Waals surface area contributed by atoms with E-state index in [-0.39, 0.29) is 5.56 Å². The van der Waals surface area contributed by atoms with E-state index in [4.69, 9.17) is 0 Å². The highest BCUT2D eigenvalue weighted by atomic mass is 32.2. The smallest absolute Gasteiger partial charge is 0.280 e. The van der Waals surface area contributed by atoms with Crippen LogP contribution in [-0.2, 0) is 21.5 Å². The van der Waals surface area contributed by atoms with E-state index in [1.54, 1.807) is 4.57 Å². The van der Waals surface area contributed by atoms with Gasteiger partial charge in [-0.2, -0.15) is 17.4 Å². The van der Waals surface area contributed by atoms with Crippen molar-refractivity contribution >= 4 is 33.0 Å². The maximum Gasteiger partial charge on any atom is 0.280 e. The number of nitrogens with zero attached hydrogens (tertiary/aromatic N) is 3. The van der Waals surface area contributed by atoms with E-state index in [0.717, 1.165) is 27.8 Å². The normalized spacial score (nSPS) is 14.9. The van der Waals surface area contributed by atoms with Crippen LogP contribution in [0.1, 0.15) is 23.6 Å². The third kappa shape index (κ3) is 6.32. The molecule has 9 heteroatoms. The average molecular weight is 555 g/mol. The molecule has 1 aliphatic heterocycles. The molecule has 0 bridgehead atoms. The molecule has 1 saturated heterocycles. The summed E-state index contributed by atoms with van der Waals surface area (Å²) in [5.74, 6) is 6.35. The van der Waals surface area contributed by atoms with Crippen molar-refractivity contribution < 1.29 is 13.2 Å². The zero-order chi connectivity index (χ0) is 28.1. The molecule has 0 radical (unpaired) electrons. The topological polar surface area (TPSA) is 91.7 Å². The predicted octanol–water partition coefficient (Wildman–Crippen LogP) is 2.99. The molecule has 0 amide bonds. The Balaban J connectivity index is 1.26. The second kappa shape index (κ2) is 11.9. The molecule has 0 spiro atoms. The molecule has 204 valence electrons. The number of piperazine rings is 1. The Morgan fingerprint density at radius 2 is 1.57 bits per heavy atom. The molecule has 40 heavy (non-hydrogen) atoms. The van der Waals surface area contributed by atoms with Gasteiger partial charge in [-0.25, -0.2) is 0 Å². The quantitative estimate of drug-likeness (QED) is 0.280. The van der Waals surface area contributed by atoms with E-state index in [9.17, 15) is 18.0 Å². The van der Waals surface area contributed by atoms with Crippen molar-refractivity contribution in [2.24, 2.45) is 0 Å². The SMILES string of the molecule is C[C@H](C=O)NS(=O)(=O)N1CCN(c2ccc(C#Cc3ccc4ccn(Cc5ccccc5)c(=O)c4c3)cc2)CC1. The van der Waals surface area contributed by atoms with Crippen molar-refractivity contribution in [3.8, 4) is 11.8 Å². The van der Waals surface area contributed by atoms with E-state index in [1.807, 2.05) is 85.1 Å². The number of carbonyl (C=O) groups is 1. The van der Waals surface area contributed by atoms with Crippen LogP contribution in [0.15, 0.2) is 89.9 Å². The van der Waals surface area contributed by atoms with Gasteiger partial charge in [-0.05, 0) is 60.3 Å². The summed E-state index contributed by atoms with van der Waals surface area (Å²) in [6, 6.07) is 24.6. The number of benzene rings is 3. The molecule has 0 saturated carbocycles. The van der Waals surface area contributed by atoms with E-state index in [2.05, 4.69) is 21.5 Å². The molecule has 1 atom stereocenters. The van der Waals surface area contributed by atoms with E-state index in [1.165, 1.54) is 11.2 Å². The molecule has 1 fully saturated rings. The molecule has 8 nitrogen and oxygen atoms in total. The summed E-state index contributed by atoms with van der Waals surface area (Å²) in [5, 5.41) is 1.52. The van der Waals surface area contributed by atoms with E-state index in [0.29, 0.717) is 44.4 Å². The van der Waals surface area contributed by atoms with E-state index >= 15 is 0 Å². The molecule has 2 heterocycles. The fourth-order valence-corrected chi connectivity index (χ4v) is 6.00. The maximum absolute atomic E-state index is 13.1. The van der Waals surface area contributed by atoms with Crippen LogP contribution in [0, 0.1) is 11.8 Å². The van der Waals surface area contributed by atoms with Gasteiger partial charge in [0.1, 0.15) is 6.29 Å². The standard InChI is InChI=1S/C31H30N4O4S/c1-24(23-36)32-40(38,39)35-19-17-33(18-20-35)29-13-10-25(11-14-29)7-8-26-9-12-28-15-16-34(31(37)30(28)21-26)22-27-5-3-2-4-6-27/h2-6,9-16,21,23-24,32H,17-20,22H2,1H3/t24-/m1/s1. The number of aromatic nitrogens is 1. The van der Waals surface area contributed by atoms with Crippen LogP contribution in [-0.4, -0.2) is 55.8 Å². The lowest BCUT2D eigenvalue weighted by Gasteiger charge is -2.35. The largest absolute Gasteiger partial charge is 0.369 e. The van der Waals surface area contributed by atoms with E-state index < -0.39 is 16.3 Å². The molecular formula is C31H30N4O4S. The number of nitrogens with one attached hydrogen (secondary N) is 1. The van der Waals surface area contributed by atoms with Gasteiger partial charge in [0.2, 0.25) is 0 Å². The van der Waals surface area contributed by atoms with Gasteiger partial charge >= 0.3 is 0 Å². The third-order valence-corrected chi connectivity index (χ3v) is 8.59. The Morgan fingerprint density at radius 3 is 2.27 bits per heavy atom. The van der Waals surface area contributed by atoms with Crippen molar-refractivity contribution in [1.29, 1.82) is 0 Å². The number of hydrogen-bond acceptors (Lipinski definition) is 5. The van der Waals surface area contributed by atoms with Crippen molar-refractivity contribution in [2.75, 3.05) is 31.1 Å². The minimum atomic E-state index is -3.69. The van der Waals surface area contributed by atoms with Crippen LogP contribution in [0.25, 0.3) is 10.8 Å². The number of rotatable bonds is 7. The Kier molecular flexibility index (Phi) is 8.12. The summed E-state index contributed by atoms with van der Waals surface area (Å²) in [6.07, 6.45) is 2.40. The lowest BCUT2D eigenvalue weighted by molar-refractivity contribution is -0.108. The summed E-state index contributed by atoms with van der Waals surface area (Å²) < 4.78 is 30.3. The van der Waals surface area contributed by atoms with Crippen LogP contribution in [0.2, 0.25) is 0 Å². The Bertz CT molecular complexity index is 1730. The highest BCUT2D eigenvalue weighted by Crippen LogP contribution is 2.19. The van der Waals surface area contributed by atoms with Gasteiger partial charge in [-0.3, -0.25) is 4.79 Å². The average Bonchev–Trinajstić information content (AvgIpc) is 2.98. The molecule has 0 aliphatic carbocycles. The summed E-state index contributed by atoms with van der Waals surface area (Å²) >= 11 is 0. The number of hydrogen-bond donors (Lipinski definition) is 1. The van der Waals surface area contributed by atoms with Gasteiger partial charge in [0.25, 0.3) is 15.8 Å². The first-order valence-corrected chi connectivity index (χ1v) is 14.5. The zero-order valence-corrected chi connectivity index (χ0v) is 23.0. The van der Waals surface area contributed by atoms with Crippen molar-refractivity contribution in [3.05, 3.63) is 112 Å². The van der Waals surface area contributed by atoms with Crippen LogP contribution < -0.4 is 15.2 Å². The number of pyridine rings is 1. The Morgan fingerprint density at radius 1 is 0.900 bits per heavy atom. The molecule has 0 unspecified atom stereocenters. The molecular weight excluding hydrogens is 524 g/mol. The molecule has 1 aliphatic rings. The second-order valence-electron chi connectivity index (χ2n) is 9.77. The summed E-state index contributed by atoms with van der Waals surface area (Å²) in [7, 11) is -3.69.